The smallest absolute Gasteiger partial charge is 0.241 e. The van der Waals surface area contributed by atoms with Crippen LogP contribution in [-0.4, -0.2) is 68.6 Å². The highest BCUT2D eigenvalue weighted by molar-refractivity contribution is 6.22. The number of nitrogens with two attached hydrogens (primary N) is 1. The van der Waals surface area contributed by atoms with Crippen LogP contribution < -0.4 is 16.4 Å². The summed E-state index contributed by atoms with van der Waals surface area (Å²) in [6, 6.07) is 2.38. The normalized spacial score (nSPS) is 29.6. The Balaban J connectivity index is 0.00000228. The van der Waals surface area contributed by atoms with Crippen molar-refractivity contribution in [3.63, 3.8) is 0 Å². The first kappa shape index (κ1) is 29.5. The average molecular weight is 546 g/mol. The molecule has 0 aliphatic heterocycles. The number of benzene rings is 1. The highest BCUT2D eigenvalue weighted by Gasteiger charge is 2.65. The standard InChI is InChI=1S/C23H27N3O8.2ClH/c1-8(25-2)22(33)26-13-4-3-9-5-11-16(21(24)32)12-6-10(27)7-14(28)23(12,34)20(31)17(11)19(30)15(9)18(13)29;;/h3-4,8,10-12,16,25,27,29-30,34H,5-7H2,1-2H3,(H2,24,32)(H,26,33);2*1H. The number of carbonyl (C=O) groups is 4. The predicted octanol–water partition coefficient (Wildman–Crippen LogP) is -0.0211. The van der Waals surface area contributed by atoms with Crippen molar-refractivity contribution in [2.75, 3.05) is 12.4 Å². The third-order valence-electron chi connectivity index (χ3n) is 7.35. The first-order valence-corrected chi connectivity index (χ1v) is 11.0. The number of nitrogens with one attached hydrogen (secondary N) is 2. The first-order chi connectivity index (χ1) is 15.9. The molecule has 6 unspecified atom stereocenters. The molecule has 13 heteroatoms. The van der Waals surface area contributed by atoms with Gasteiger partial charge in [0.2, 0.25) is 17.6 Å². The molecule has 0 saturated heterocycles. The van der Waals surface area contributed by atoms with Crippen LogP contribution in [0.25, 0.3) is 5.76 Å². The Hall–Kier alpha value is -2.70. The van der Waals surface area contributed by atoms with E-state index in [9.17, 15) is 39.6 Å². The van der Waals surface area contributed by atoms with Crippen LogP contribution in [0.3, 0.4) is 0 Å². The van der Waals surface area contributed by atoms with Crippen LogP contribution in [0.5, 0.6) is 5.75 Å². The Kier molecular flexibility index (Phi) is 8.49. The van der Waals surface area contributed by atoms with Crippen LogP contribution in [0.2, 0.25) is 0 Å². The van der Waals surface area contributed by atoms with Gasteiger partial charge in [-0.25, -0.2) is 0 Å². The summed E-state index contributed by atoms with van der Waals surface area (Å²) in [5.74, 6) is -7.98. The van der Waals surface area contributed by atoms with E-state index in [-0.39, 0.29) is 54.5 Å². The summed E-state index contributed by atoms with van der Waals surface area (Å²) >= 11 is 0. The number of halogens is 2. The number of carbonyl (C=O) groups excluding carboxylic acids is 4. The SMILES string of the molecule is CNC(C)C(=O)Nc1ccc2c(c1O)C(O)=C1C(=O)C3(O)C(=O)CC(O)CC3C(C(N)=O)C1C2.Cl.Cl. The number of rotatable bonds is 4. The van der Waals surface area contributed by atoms with E-state index in [2.05, 4.69) is 10.6 Å². The number of phenolic OH excluding ortho intramolecular Hbond substituents is 1. The molecule has 0 heterocycles. The van der Waals surface area contributed by atoms with Gasteiger partial charge in [-0.2, -0.15) is 0 Å². The number of hydrogen-bond donors (Lipinski definition) is 7. The van der Waals surface area contributed by atoms with E-state index >= 15 is 0 Å². The molecule has 11 nitrogen and oxygen atoms in total. The van der Waals surface area contributed by atoms with Crippen LogP contribution in [0, 0.1) is 17.8 Å². The fraction of sp³-hybridized carbons (Fsp3) is 0.478. The predicted molar refractivity (Wildman–Crippen MR) is 133 cm³/mol. The van der Waals surface area contributed by atoms with Gasteiger partial charge in [0.05, 0.1) is 29.3 Å². The van der Waals surface area contributed by atoms with E-state index in [4.69, 9.17) is 5.73 Å². The summed E-state index contributed by atoms with van der Waals surface area (Å²) < 4.78 is 0. The number of aromatic hydroxyl groups is 1. The van der Waals surface area contributed by atoms with E-state index in [1.165, 1.54) is 12.1 Å². The zero-order chi connectivity index (χ0) is 25.1. The van der Waals surface area contributed by atoms with E-state index in [1.54, 1.807) is 14.0 Å². The van der Waals surface area contributed by atoms with E-state index in [0.717, 1.165) is 0 Å². The zero-order valence-corrected chi connectivity index (χ0v) is 21.1. The number of aliphatic hydroxyl groups excluding tert-OH is 2. The lowest BCUT2D eigenvalue weighted by atomic mass is 9.53. The van der Waals surface area contributed by atoms with Gasteiger partial charge in [-0.3, -0.25) is 19.2 Å². The molecule has 0 radical (unpaired) electrons. The maximum absolute atomic E-state index is 13.4. The van der Waals surface area contributed by atoms with Crippen molar-refractivity contribution in [1.82, 2.24) is 5.32 Å². The van der Waals surface area contributed by atoms with Gasteiger partial charge >= 0.3 is 0 Å². The first-order valence-electron chi connectivity index (χ1n) is 11.0. The molecule has 198 valence electrons. The van der Waals surface area contributed by atoms with Gasteiger partial charge in [0.15, 0.2) is 11.4 Å². The number of primary amides is 1. The third-order valence-corrected chi connectivity index (χ3v) is 7.35. The number of hydrogen-bond acceptors (Lipinski definition) is 9. The van der Waals surface area contributed by atoms with Gasteiger partial charge < -0.3 is 36.8 Å². The van der Waals surface area contributed by atoms with E-state index < -0.39 is 76.8 Å². The Morgan fingerprint density at radius 3 is 2.39 bits per heavy atom. The molecule has 6 atom stereocenters. The number of phenols is 1. The number of aliphatic hydroxyl groups is 3. The number of fused-ring (bicyclic) bond motifs is 3. The van der Waals surface area contributed by atoms with Crippen molar-refractivity contribution < 1.29 is 39.6 Å². The second-order valence-electron chi connectivity index (χ2n) is 9.22. The van der Waals surface area contributed by atoms with Crippen molar-refractivity contribution in [2.24, 2.45) is 23.5 Å². The molecule has 8 N–H and O–H groups in total. The quantitative estimate of drug-likeness (QED) is 0.200. The van der Waals surface area contributed by atoms with Crippen LogP contribution in [0.1, 0.15) is 30.9 Å². The van der Waals surface area contributed by atoms with Crippen LogP contribution >= 0.6 is 24.8 Å². The van der Waals surface area contributed by atoms with E-state index in [0.29, 0.717) is 5.56 Å². The molecule has 0 spiro atoms. The fourth-order valence-corrected chi connectivity index (χ4v) is 5.48. The fourth-order valence-electron chi connectivity index (χ4n) is 5.48. The largest absolute Gasteiger partial charge is 0.507 e. The number of ketones is 2. The monoisotopic (exact) mass is 545 g/mol. The van der Waals surface area contributed by atoms with Gasteiger partial charge in [-0.1, -0.05) is 6.07 Å². The molecule has 0 aromatic heterocycles. The zero-order valence-electron chi connectivity index (χ0n) is 19.5. The summed E-state index contributed by atoms with van der Waals surface area (Å²) in [5, 5.41) is 48.5. The molecule has 3 aliphatic carbocycles. The number of amides is 2. The van der Waals surface area contributed by atoms with Gasteiger partial charge in [0.1, 0.15) is 11.5 Å². The lowest BCUT2D eigenvalue weighted by Gasteiger charge is -2.50. The molecule has 1 aromatic carbocycles. The van der Waals surface area contributed by atoms with Gasteiger partial charge in [0, 0.05) is 23.8 Å². The molecule has 2 amide bonds. The molecule has 2 saturated carbocycles. The highest BCUT2D eigenvalue weighted by atomic mass is 35.5. The minimum atomic E-state index is -2.63. The van der Waals surface area contributed by atoms with Crippen LogP contribution in [-0.2, 0) is 25.6 Å². The van der Waals surface area contributed by atoms with Crippen molar-refractivity contribution in [1.29, 1.82) is 0 Å². The highest BCUT2D eigenvalue weighted by Crippen LogP contribution is 2.53. The lowest BCUT2D eigenvalue weighted by molar-refractivity contribution is -0.173. The van der Waals surface area contributed by atoms with Crippen molar-refractivity contribution in [3.05, 3.63) is 28.8 Å². The summed E-state index contributed by atoms with van der Waals surface area (Å²) in [6.45, 7) is 1.61. The molecular weight excluding hydrogens is 517 g/mol. The van der Waals surface area contributed by atoms with Crippen LogP contribution in [0.4, 0.5) is 5.69 Å². The van der Waals surface area contributed by atoms with Crippen LogP contribution in [0.15, 0.2) is 17.7 Å². The molecule has 0 bridgehead atoms. The van der Waals surface area contributed by atoms with Gasteiger partial charge in [0.25, 0.3) is 0 Å². The molecule has 3 aliphatic rings. The Bertz CT molecular complexity index is 1160. The second kappa shape index (κ2) is 10.3. The van der Waals surface area contributed by atoms with Gasteiger partial charge in [-0.15, -0.1) is 24.8 Å². The Morgan fingerprint density at radius 1 is 1.17 bits per heavy atom. The average Bonchev–Trinajstić information content (AvgIpc) is 2.77. The minimum Gasteiger partial charge on any atom is -0.507 e. The van der Waals surface area contributed by atoms with Gasteiger partial charge in [-0.05, 0) is 38.4 Å². The molecule has 4 rings (SSSR count). The molecular formula is C23H29Cl2N3O8. The Morgan fingerprint density at radius 2 is 1.81 bits per heavy atom. The maximum atomic E-state index is 13.4. The summed E-state index contributed by atoms with van der Waals surface area (Å²) in [6.07, 6.45) is -1.80. The molecule has 2 fully saturated rings. The molecule has 1 aromatic rings. The number of likely N-dealkylation sites (N-methyl/N-ethyl adjacent to an activating group) is 1. The number of Topliss-reactive ketones (excluding diaryl/α,β-unsaturated/α-hetero) is 2. The lowest BCUT2D eigenvalue weighted by Crippen LogP contribution is -2.66. The summed E-state index contributed by atoms with van der Waals surface area (Å²) in [7, 11) is 1.58. The maximum Gasteiger partial charge on any atom is 0.241 e. The second-order valence-corrected chi connectivity index (χ2v) is 9.22. The van der Waals surface area contributed by atoms with Crippen molar-refractivity contribution >= 4 is 59.6 Å². The van der Waals surface area contributed by atoms with E-state index in [1.807, 2.05) is 0 Å². The third kappa shape index (κ3) is 4.24. The number of anilines is 1. The van der Waals surface area contributed by atoms with Crippen molar-refractivity contribution in [3.8, 4) is 5.75 Å². The molecule has 36 heavy (non-hydrogen) atoms. The van der Waals surface area contributed by atoms with Crippen molar-refractivity contribution in [2.45, 2.75) is 43.9 Å². The topological polar surface area (TPSA) is 199 Å². The summed E-state index contributed by atoms with van der Waals surface area (Å²) in [5.41, 5.74) is 2.87. The minimum absolute atomic E-state index is 0. The Labute approximate surface area is 218 Å². The summed E-state index contributed by atoms with van der Waals surface area (Å²) in [4.78, 5) is 50.9.